The van der Waals surface area contributed by atoms with Crippen molar-refractivity contribution in [2.24, 2.45) is 0 Å². The molecule has 6 heteroatoms. The van der Waals surface area contributed by atoms with Crippen molar-refractivity contribution < 1.29 is 19.4 Å². The lowest BCUT2D eigenvalue weighted by molar-refractivity contribution is 0.0691. The molecule has 0 aliphatic carbocycles. The van der Waals surface area contributed by atoms with Gasteiger partial charge in [0.25, 0.3) is 0 Å². The summed E-state index contributed by atoms with van der Waals surface area (Å²) in [6, 6.07) is 3.07. The summed E-state index contributed by atoms with van der Waals surface area (Å²) < 4.78 is 10.3. The summed E-state index contributed by atoms with van der Waals surface area (Å²) >= 11 is 0. The molecule has 0 atom stereocenters. The Hall–Kier alpha value is -2.37. The van der Waals surface area contributed by atoms with E-state index < -0.39 is 5.97 Å². The number of anilines is 1. The second-order valence-electron chi connectivity index (χ2n) is 3.48. The summed E-state index contributed by atoms with van der Waals surface area (Å²) in [6.45, 7) is 0. The van der Waals surface area contributed by atoms with Crippen LogP contribution in [0.1, 0.15) is 10.5 Å². The third kappa shape index (κ3) is 1.63. The molecule has 0 aliphatic heterocycles. The minimum absolute atomic E-state index is 0.0539. The molecule has 2 rings (SSSR count). The van der Waals surface area contributed by atoms with Crippen LogP contribution in [0.3, 0.4) is 0 Å². The summed E-state index contributed by atoms with van der Waals surface area (Å²) in [4.78, 5) is 13.6. The standard InChI is InChI=1S/C11H12N2O4/c1-16-8-4-6(12)5-3-7(11(14)15)13-9(5)10(8)17-2/h3-4,13H,12H2,1-2H3,(H,14,15). The van der Waals surface area contributed by atoms with Crippen molar-refractivity contribution >= 4 is 22.6 Å². The van der Waals surface area contributed by atoms with Crippen LogP contribution in [0.2, 0.25) is 0 Å². The van der Waals surface area contributed by atoms with Gasteiger partial charge in [-0.05, 0) is 6.07 Å². The maximum Gasteiger partial charge on any atom is 0.352 e. The Balaban J connectivity index is 2.81. The van der Waals surface area contributed by atoms with Crippen LogP contribution in [-0.2, 0) is 0 Å². The molecule has 1 heterocycles. The number of carboxylic acid groups (broad SMARTS) is 1. The zero-order valence-corrected chi connectivity index (χ0v) is 9.40. The van der Waals surface area contributed by atoms with E-state index in [-0.39, 0.29) is 5.69 Å². The number of hydrogen-bond donors (Lipinski definition) is 3. The summed E-state index contributed by atoms with van der Waals surface area (Å²) in [5.41, 5.74) is 6.82. The monoisotopic (exact) mass is 236 g/mol. The van der Waals surface area contributed by atoms with Gasteiger partial charge in [0.1, 0.15) is 5.69 Å². The van der Waals surface area contributed by atoms with Crippen molar-refractivity contribution in [1.29, 1.82) is 0 Å². The number of fused-ring (bicyclic) bond motifs is 1. The molecule has 4 N–H and O–H groups in total. The lowest BCUT2D eigenvalue weighted by Gasteiger charge is -2.09. The highest BCUT2D eigenvalue weighted by Gasteiger charge is 2.17. The summed E-state index contributed by atoms with van der Waals surface area (Å²) in [6.07, 6.45) is 0. The van der Waals surface area contributed by atoms with E-state index in [1.807, 2.05) is 0 Å². The van der Waals surface area contributed by atoms with Crippen LogP contribution in [-0.4, -0.2) is 30.3 Å². The smallest absolute Gasteiger partial charge is 0.352 e. The molecule has 1 aromatic heterocycles. The van der Waals surface area contributed by atoms with Crippen LogP contribution in [0.4, 0.5) is 5.69 Å². The normalized spacial score (nSPS) is 10.5. The molecule has 17 heavy (non-hydrogen) atoms. The third-order valence-corrected chi connectivity index (χ3v) is 2.52. The molecular weight excluding hydrogens is 224 g/mol. The Kier molecular flexibility index (Phi) is 2.55. The first-order valence-corrected chi connectivity index (χ1v) is 4.85. The predicted molar refractivity (Wildman–Crippen MR) is 62.8 cm³/mol. The Morgan fingerprint density at radius 3 is 2.59 bits per heavy atom. The van der Waals surface area contributed by atoms with Gasteiger partial charge >= 0.3 is 5.97 Å². The van der Waals surface area contributed by atoms with Crippen molar-refractivity contribution in [3.05, 3.63) is 17.8 Å². The van der Waals surface area contributed by atoms with Crippen LogP contribution < -0.4 is 15.2 Å². The fraction of sp³-hybridized carbons (Fsp3) is 0.182. The minimum Gasteiger partial charge on any atom is -0.493 e. The number of aromatic nitrogens is 1. The van der Waals surface area contributed by atoms with Gasteiger partial charge in [0, 0.05) is 17.1 Å². The number of nitrogens with one attached hydrogen (secondary N) is 1. The Bertz CT molecular complexity index is 589. The maximum absolute atomic E-state index is 10.9. The molecular formula is C11H12N2O4. The molecule has 6 nitrogen and oxygen atoms in total. The summed E-state index contributed by atoms with van der Waals surface area (Å²) in [5.74, 6) is -0.165. The van der Waals surface area contributed by atoms with Gasteiger partial charge in [0.2, 0.25) is 0 Å². The van der Waals surface area contributed by atoms with Gasteiger partial charge in [-0.1, -0.05) is 0 Å². The number of H-pyrrole nitrogens is 1. The van der Waals surface area contributed by atoms with Crippen molar-refractivity contribution in [2.45, 2.75) is 0 Å². The van der Waals surface area contributed by atoms with Crippen molar-refractivity contribution in [1.82, 2.24) is 4.98 Å². The van der Waals surface area contributed by atoms with E-state index in [0.29, 0.717) is 28.1 Å². The van der Waals surface area contributed by atoms with E-state index in [2.05, 4.69) is 4.98 Å². The first kappa shape index (κ1) is 11.1. The molecule has 0 bridgehead atoms. The highest BCUT2D eigenvalue weighted by atomic mass is 16.5. The largest absolute Gasteiger partial charge is 0.493 e. The van der Waals surface area contributed by atoms with Gasteiger partial charge in [-0.25, -0.2) is 4.79 Å². The fourth-order valence-corrected chi connectivity index (χ4v) is 1.74. The summed E-state index contributed by atoms with van der Waals surface area (Å²) in [5, 5.41) is 9.52. The number of nitrogens with two attached hydrogens (primary N) is 1. The zero-order chi connectivity index (χ0) is 12.6. The first-order valence-electron chi connectivity index (χ1n) is 4.85. The number of hydrogen-bond acceptors (Lipinski definition) is 4. The van der Waals surface area contributed by atoms with Gasteiger partial charge in [-0.2, -0.15) is 0 Å². The molecule has 90 valence electrons. The lowest BCUT2D eigenvalue weighted by Crippen LogP contribution is -1.96. The zero-order valence-electron chi connectivity index (χ0n) is 9.40. The maximum atomic E-state index is 10.9. The predicted octanol–water partition coefficient (Wildman–Crippen LogP) is 1.47. The van der Waals surface area contributed by atoms with Crippen LogP contribution in [0.25, 0.3) is 10.9 Å². The number of aromatic amines is 1. The molecule has 0 fully saturated rings. The topological polar surface area (TPSA) is 97.6 Å². The lowest BCUT2D eigenvalue weighted by atomic mass is 10.2. The number of benzene rings is 1. The fourth-order valence-electron chi connectivity index (χ4n) is 1.74. The van der Waals surface area contributed by atoms with E-state index in [0.717, 1.165) is 0 Å². The van der Waals surface area contributed by atoms with Crippen molar-refractivity contribution in [3.63, 3.8) is 0 Å². The first-order chi connectivity index (χ1) is 8.08. The average Bonchev–Trinajstić information content (AvgIpc) is 2.74. The highest BCUT2D eigenvalue weighted by Crippen LogP contribution is 2.38. The molecule has 0 unspecified atom stereocenters. The van der Waals surface area contributed by atoms with Crippen LogP contribution in [0.15, 0.2) is 12.1 Å². The number of methoxy groups -OCH3 is 2. The number of aromatic carboxylic acids is 1. The number of ether oxygens (including phenoxy) is 2. The van der Waals surface area contributed by atoms with Crippen LogP contribution in [0, 0.1) is 0 Å². The average molecular weight is 236 g/mol. The Morgan fingerprint density at radius 1 is 1.35 bits per heavy atom. The molecule has 1 aromatic carbocycles. The molecule has 2 aromatic rings. The minimum atomic E-state index is -1.05. The third-order valence-electron chi connectivity index (χ3n) is 2.52. The van der Waals surface area contributed by atoms with E-state index in [1.54, 1.807) is 6.07 Å². The molecule has 0 radical (unpaired) electrons. The van der Waals surface area contributed by atoms with E-state index >= 15 is 0 Å². The number of nitrogen functional groups attached to an aromatic ring is 1. The van der Waals surface area contributed by atoms with Gasteiger partial charge in [-0.15, -0.1) is 0 Å². The highest BCUT2D eigenvalue weighted by molar-refractivity contribution is 6.02. The Labute approximate surface area is 96.9 Å². The molecule has 0 aliphatic rings. The van der Waals surface area contributed by atoms with Crippen LogP contribution >= 0.6 is 0 Å². The van der Waals surface area contributed by atoms with Gasteiger partial charge in [-0.3, -0.25) is 0 Å². The van der Waals surface area contributed by atoms with Gasteiger partial charge in [0.15, 0.2) is 11.5 Å². The molecule has 0 spiro atoms. The molecule has 0 amide bonds. The quantitative estimate of drug-likeness (QED) is 0.701. The molecule has 0 saturated heterocycles. The molecule has 0 saturated carbocycles. The second-order valence-corrected chi connectivity index (χ2v) is 3.48. The second kappa shape index (κ2) is 3.89. The SMILES string of the molecule is COc1cc(N)c2cc(C(=O)O)[nH]c2c1OC. The van der Waals surface area contributed by atoms with E-state index in [1.165, 1.54) is 20.3 Å². The van der Waals surface area contributed by atoms with Crippen molar-refractivity contribution in [3.8, 4) is 11.5 Å². The van der Waals surface area contributed by atoms with E-state index in [4.69, 9.17) is 20.3 Å². The summed E-state index contributed by atoms with van der Waals surface area (Å²) in [7, 11) is 2.97. The van der Waals surface area contributed by atoms with Gasteiger partial charge < -0.3 is 25.3 Å². The van der Waals surface area contributed by atoms with Crippen LogP contribution in [0.5, 0.6) is 11.5 Å². The van der Waals surface area contributed by atoms with Gasteiger partial charge in [0.05, 0.1) is 19.7 Å². The number of rotatable bonds is 3. The number of carboxylic acids is 1. The Morgan fingerprint density at radius 2 is 2.06 bits per heavy atom. The van der Waals surface area contributed by atoms with Crippen molar-refractivity contribution in [2.75, 3.05) is 20.0 Å². The van der Waals surface area contributed by atoms with E-state index in [9.17, 15) is 4.79 Å². The number of carbonyl (C=O) groups is 1.